The van der Waals surface area contributed by atoms with E-state index in [1.807, 2.05) is 0 Å². The lowest BCUT2D eigenvalue weighted by Crippen LogP contribution is -3.13. The topological polar surface area (TPSA) is 4.44 Å². The van der Waals surface area contributed by atoms with E-state index in [1.54, 1.807) is 0 Å². The number of hydrogen-bond donors (Lipinski definition) is 1. The van der Waals surface area contributed by atoms with Gasteiger partial charge in [-0.3, -0.25) is 0 Å². The molecule has 0 amide bonds. The number of nitrogens with one attached hydrogen (secondary N) is 1. The van der Waals surface area contributed by atoms with Gasteiger partial charge >= 0.3 is 6.18 Å². The molecule has 0 bridgehead atoms. The van der Waals surface area contributed by atoms with Crippen molar-refractivity contribution in [2.45, 2.75) is 204 Å². The van der Waals surface area contributed by atoms with Crippen LogP contribution in [0.2, 0.25) is 0 Å². The number of alkyl halides is 3. The quantitative estimate of drug-likeness (QED) is 0.0203. The largest absolute Gasteiger partial charge is 0.438 e. The van der Waals surface area contributed by atoms with Crippen LogP contribution in [0.5, 0.6) is 0 Å². The molecule has 4 aromatic rings. The van der Waals surface area contributed by atoms with Crippen LogP contribution in [-0.4, -0.2) is 32.0 Å². The molecule has 4 rings (SSSR count). The van der Waals surface area contributed by atoms with Crippen LogP contribution in [0, 0.1) is 164 Å². The van der Waals surface area contributed by atoms with Crippen LogP contribution in [-0.2, 0) is 0 Å². The molecule has 0 spiro atoms. The van der Waals surface area contributed by atoms with Crippen molar-refractivity contribution in [3.05, 3.63) is 116 Å². The molecule has 1 nitrogen and oxygen atoms in total. The minimum Gasteiger partial charge on any atom is -0.327 e. The minimum absolute atomic E-state index is 0.512. The van der Waals surface area contributed by atoms with Gasteiger partial charge in [0.25, 0.3) is 0 Å². The summed E-state index contributed by atoms with van der Waals surface area (Å²) in [6.45, 7) is 24.0. The fraction of sp³-hybridized carbons (Fsp3) is 0.636. The van der Waals surface area contributed by atoms with Crippen molar-refractivity contribution in [1.82, 2.24) is 0 Å². The summed E-state index contributed by atoms with van der Waals surface area (Å²) in [5.74, 6) is -65.5. The predicted molar refractivity (Wildman–Crippen MR) is 308 cm³/mol. The van der Waals surface area contributed by atoms with Gasteiger partial charge in [-0.2, -0.15) is 13.2 Å². The Morgan fingerprint density at radius 1 is 0.242 bits per heavy atom. The average Bonchev–Trinajstić information content (AvgIpc) is 0.684. The Labute approximate surface area is 519 Å². The molecule has 0 aromatic heterocycles. The van der Waals surface area contributed by atoms with Crippen molar-refractivity contribution in [1.29, 1.82) is 0 Å². The fourth-order valence-corrected chi connectivity index (χ4v) is 12.2. The summed E-state index contributed by atoms with van der Waals surface area (Å²) < 4.78 is 334. The molecule has 4 aromatic carbocycles. The Morgan fingerprint density at radius 2 is 0.396 bits per heavy atom. The van der Waals surface area contributed by atoms with Gasteiger partial charge in [-0.05, 0) is 60.2 Å². The normalized spacial score (nSPS) is 14.7. The SMILES string of the molecule is CC(C)CCCC(C)CCCC(C)CCCC(C)CC[NH+](CCC(C)CCCC(C)CCCC(C)CCCC(C)C)CC(F)(F)F.Fc1c(F)c(F)c([B-](c2c(F)c(F)c(F)c(F)c2F)(c2c(F)c(F)c(F)c(F)c2F)c2c(F)c(F)c(F)c(F)c2F)c(F)c1F. The van der Waals surface area contributed by atoms with E-state index in [9.17, 15) is 65.9 Å². The van der Waals surface area contributed by atoms with E-state index in [4.69, 9.17) is 0 Å². The first-order valence-corrected chi connectivity index (χ1v) is 31.4. The predicted octanol–water partition coefficient (Wildman–Crippen LogP) is 19.2. The Morgan fingerprint density at radius 3 is 0.560 bits per heavy atom. The zero-order valence-electron chi connectivity index (χ0n) is 53.2. The third-order valence-corrected chi connectivity index (χ3v) is 17.7. The molecule has 0 aliphatic heterocycles. The second kappa shape index (κ2) is 36.3. The second-order valence-electron chi connectivity index (χ2n) is 26.4. The van der Waals surface area contributed by atoms with E-state index >= 15 is 35.1 Å². The summed E-state index contributed by atoms with van der Waals surface area (Å²) in [4.78, 5) is 0.748. The molecule has 0 saturated carbocycles. The lowest BCUT2D eigenvalue weighted by molar-refractivity contribution is -0.911. The molecule has 91 heavy (non-hydrogen) atoms. The van der Waals surface area contributed by atoms with E-state index in [2.05, 4.69) is 69.2 Å². The Bertz CT molecular complexity index is 2540. The highest BCUT2D eigenvalue weighted by Gasteiger charge is 2.52. The van der Waals surface area contributed by atoms with Crippen LogP contribution < -0.4 is 26.8 Å². The van der Waals surface area contributed by atoms with Crippen LogP contribution in [0.15, 0.2) is 0 Å². The number of halogens is 23. The van der Waals surface area contributed by atoms with Crippen LogP contribution in [0.3, 0.4) is 0 Å². The molecular weight excluding hydrogens is 1250 g/mol. The van der Waals surface area contributed by atoms with Crippen LogP contribution in [0.25, 0.3) is 0 Å². The molecular formula is C66H85BF23N. The minimum atomic E-state index is -7.22. The third kappa shape index (κ3) is 21.4. The van der Waals surface area contributed by atoms with Gasteiger partial charge in [-0.15, -0.1) is 21.9 Å². The standard InChI is InChI=1S/C42H84F3N.C24BF20/c1-34(2)17-11-19-36(5)21-13-23-38(7)25-15-27-40(9)29-31-46(33-42(43,44)45)32-30-41(10)28-16-26-39(8)24-14-22-37(6)20-12-18-35(3)4;26-5-1(6(27)14(35)21(42)13(5)34)25(2-7(28)15(36)22(43)16(37)8(2)29,3-9(30)17(38)23(44)18(39)10(3)31)4-11(32)19(40)24(45)20(41)12(4)33/h34-41H,11-33H2,1-10H3;/q;-1/p+1. The maximum absolute atomic E-state index is 15.4. The van der Waals surface area contributed by atoms with Gasteiger partial charge in [-0.25, -0.2) is 87.8 Å². The van der Waals surface area contributed by atoms with Crippen molar-refractivity contribution in [3.63, 3.8) is 0 Å². The first kappa shape index (κ1) is 80.5. The van der Waals surface area contributed by atoms with Crippen molar-refractivity contribution in [2.24, 2.45) is 47.3 Å². The average molecular weight is 1340 g/mol. The lowest BCUT2D eigenvalue weighted by Gasteiger charge is -2.44. The van der Waals surface area contributed by atoms with Gasteiger partial charge < -0.3 is 4.90 Å². The van der Waals surface area contributed by atoms with Crippen molar-refractivity contribution in [3.8, 4) is 0 Å². The molecule has 0 aliphatic carbocycles. The maximum atomic E-state index is 15.4. The Kier molecular flexibility index (Phi) is 32.1. The highest BCUT2D eigenvalue weighted by Crippen LogP contribution is 2.32. The summed E-state index contributed by atoms with van der Waals surface area (Å²) in [5, 5.41) is 0. The van der Waals surface area contributed by atoms with E-state index in [1.165, 1.54) is 103 Å². The van der Waals surface area contributed by atoms with Crippen molar-refractivity contribution < 1.29 is 106 Å². The lowest BCUT2D eigenvalue weighted by atomic mass is 9.12. The van der Waals surface area contributed by atoms with Crippen LogP contribution >= 0.6 is 0 Å². The summed E-state index contributed by atoms with van der Waals surface area (Å²) >= 11 is 0. The monoisotopic (exact) mass is 1340 g/mol. The van der Waals surface area contributed by atoms with Gasteiger partial charge in [0, 0.05) is 0 Å². The number of hydrogen-bond acceptors (Lipinski definition) is 0. The molecule has 0 aliphatic rings. The second-order valence-corrected chi connectivity index (χ2v) is 26.4. The fourth-order valence-electron chi connectivity index (χ4n) is 12.2. The van der Waals surface area contributed by atoms with Gasteiger partial charge in [0.15, 0.2) is 76.4 Å². The summed E-state index contributed by atoms with van der Waals surface area (Å²) in [5.41, 5.74) is -14.3. The van der Waals surface area contributed by atoms with Crippen molar-refractivity contribution >= 4 is 28.0 Å². The van der Waals surface area contributed by atoms with E-state index < -0.39 is 157 Å². The molecule has 6 unspecified atom stereocenters. The zero-order chi connectivity index (χ0) is 69.3. The number of rotatable bonds is 35. The zero-order valence-corrected chi connectivity index (χ0v) is 53.2. The van der Waals surface area contributed by atoms with Gasteiger partial charge in [0.2, 0.25) is 0 Å². The molecule has 0 fully saturated rings. The molecule has 0 radical (unpaired) electrons. The van der Waals surface area contributed by atoms with Gasteiger partial charge in [0.05, 0.1) is 13.1 Å². The van der Waals surface area contributed by atoms with Gasteiger partial charge in [0.1, 0.15) is 52.7 Å². The van der Waals surface area contributed by atoms with E-state index in [0.717, 1.165) is 66.1 Å². The molecule has 1 N–H and O–H groups in total. The van der Waals surface area contributed by atoms with Crippen molar-refractivity contribution in [2.75, 3.05) is 19.6 Å². The number of benzene rings is 4. The highest BCUT2D eigenvalue weighted by molar-refractivity contribution is 7.20. The summed E-state index contributed by atoms with van der Waals surface area (Å²) in [7, 11) is 0. The van der Waals surface area contributed by atoms with Gasteiger partial charge in [-0.1, -0.05) is 185 Å². The van der Waals surface area contributed by atoms with E-state index in [0.29, 0.717) is 24.9 Å². The molecule has 25 heteroatoms. The Balaban J connectivity index is 0.000000475. The first-order valence-electron chi connectivity index (χ1n) is 31.4. The molecule has 518 valence electrons. The molecule has 6 atom stereocenters. The smallest absolute Gasteiger partial charge is 0.327 e. The molecule has 0 saturated heterocycles. The third-order valence-electron chi connectivity index (χ3n) is 17.7. The summed E-state index contributed by atoms with van der Waals surface area (Å²) in [6.07, 6.45) is 14.0. The van der Waals surface area contributed by atoms with Crippen LogP contribution in [0.1, 0.15) is 198 Å². The first-order chi connectivity index (χ1) is 42.3. The molecule has 0 heterocycles. The summed E-state index contributed by atoms with van der Waals surface area (Å²) in [6, 6.07) is 0. The Hall–Kier alpha value is -4.71. The van der Waals surface area contributed by atoms with Crippen LogP contribution in [0.4, 0.5) is 101 Å². The van der Waals surface area contributed by atoms with E-state index in [-0.39, 0.29) is 0 Å². The maximum Gasteiger partial charge on any atom is 0.438 e. The number of quaternary nitrogens is 1. The highest BCUT2D eigenvalue weighted by atomic mass is 19.4.